The molecular weight excluding hydrogens is 460 g/mol. The maximum absolute atomic E-state index is 13.1. The van der Waals surface area contributed by atoms with Crippen molar-refractivity contribution in [3.05, 3.63) is 0 Å². The van der Waals surface area contributed by atoms with Gasteiger partial charge in [0.05, 0.1) is 6.61 Å². The first-order valence-electron chi connectivity index (χ1n) is 5.99. The van der Waals surface area contributed by atoms with Crippen molar-refractivity contribution in [3.63, 3.8) is 0 Å². The van der Waals surface area contributed by atoms with Gasteiger partial charge in [-0.3, -0.25) is 0 Å². The summed E-state index contributed by atoms with van der Waals surface area (Å²) in [5.74, 6) is -51.6. The summed E-state index contributed by atoms with van der Waals surface area (Å²) >= 11 is 0. The summed E-state index contributed by atoms with van der Waals surface area (Å²) in [7, 11) is 0. The smallest absolute Gasteiger partial charge is 1.00 e. The Hall–Kier alpha value is -0.580. The van der Waals surface area contributed by atoms with Crippen LogP contribution in [0.15, 0.2) is 0 Å². The van der Waals surface area contributed by atoms with Gasteiger partial charge in [0.25, 0.3) is 0 Å². The van der Waals surface area contributed by atoms with E-state index in [1.54, 1.807) is 0 Å². The van der Waals surface area contributed by atoms with E-state index in [0.717, 1.165) is 0 Å². The Balaban J connectivity index is -0.00000338. The molecule has 0 aliphatic heterocycles. The summed E-state index contributed by atoms with van der Waals surface area (Å²) in [4.78, 5) is 10.5. The van der Waals surface area contributed by atoms with Crippen molar-refractivity contribution in [1.82, 2.24) is 0 Å². The molecule has 0 heterocycles. The fraction of sp³-hybridized carbons (Fsp3) is 0.900. The number of hydrogen-bond donors (Lipinski definition) is 0. The molecule has 164 valence electrons. The molecule has 0 spiro atoms. The Kier molecular flexibility index (Phi) is 8.38. The van der Waals surface area contributed by atoms with E-state index in [1.807, 2.05) is 0 Å². The molecule has 0 saturated heterocycles. The fourth-order valence-corrected chi connectivity index (χ4v) is 1.32. The van der Waals surface area contributed by atoms with Crippen molar-refractivity contribution < 1.29 is 106 Å². The molecule has 0 aromatic carbocycles. The Labute approximate surface area is 168 Å². The number of carbonyl (C=O) groups is 1. The third-order valence-corrected chi connectivity index (χ3v) is 2.86. The average molecular weight is 466 g/mol. The van der Waals surface area contributed by atoms with E-state index in [4.69, 9.17) is 0 Å². The van der Waals surface area contributed by atoms with Crippen LogP contribution in [0.5, 0.6) is 0 Å². The SMILES string of the molecule is CCOC(=O)C(F)(F)C(F)(F)C(F)(F)C(F)(F)C(F)(F)C(F)(F)C(F)(F)F.[H-].[Na+]. The molecule has 0 aromatic rings. The van der Waals surface area contributed by atoms with Gasteiger partial charge >= 0.3 is 77.2 Å². The maximum Gasteiger partial charge on any atom is 1.00 e. The summed E-state index contributed by atoms with van der Waals surface area (Å²) in [6, 6.07) is 0. The first-order valence-corrected chi connectivity index (χ1v) is 5.99. The van der Waals surface area contributed by atoms with E-state index in [0.29, 0.717) is 6.92 Å². The van der Waals surface area contributed by atoms with E-state index in [2.05, 4.69) is 4.74 Å². The van der Waals surface area contributed by atoms with Crippen molar-refractivity contribution in [1.29, 1.82) is 0 Å². The molecular formula is C10H6F15NaO2. The van der Waals surface area contributed by atoms with Crippen LogP contribution in [0.25, 0.3) is 0 Å². The first-order chi connectivity index (χ1) is 11.5. The number of alkyl halides is 15. The number of carbonyl (C=O) groups excluding carboxylic acids is 1. The minimum atomic E-state index is -8.42. The molecule has 0 amide bonds. The summed E-state index contributed by atoms with van der Waals surface area (Å²) in [6.45, 7) is -0.619. The predicted octanol–water partition coefficient (Wildman–Crippen LogP) is 2.04. The normalized spacial score (nSPS) is 15.1. The zero-order chi connectivity index (χ0) is 22.5. The third kappa shape index (κ3) is 3.89. The van der Waals surface area contributed by atoms with Crippen molar-refractivity contribution in [2.45, 2.75) is 48.6 Å². The van der Waals surface area contributed by atoms with Gasteiger partial charge in [-0.05, 0) is 6.92 Å². The second-order valence-electron chi connectivity index (χ2n) is 4.66. The van der Waals surface area contributed by atoms with Crippen LogP contribution < -0.4 is 29.6 Å². The monoisotopic (exact) mass is 466 g/mol. The summed E-state index contributed by atoms with van der Waals surface area (Å²) in [5, 5.41) is 0. The Bertz CT molecular complexity index is 574. The molecule has 18 heteroatoms. The molecule has 0 rings (SSSR count). The van der Waals surface area contributed by atoms with Crippen LogP contribution in [-0.4, -0.2) is 54.3 Å². The van der Waals surface area contributed by atoms with Crippen LogP contribution >= 0.6 is 0 Å². The van der Waals surface area contributed by atoms with Crippen LogP contribution in [0, 0.1) is 0 Å². The average Bonchev–Trinajstić information content (AvgIpc) is 2.45. The van der Waals surface area contributed by atoms with Gasteiger partial charge in [0.15, 0.2) is 0 Å². The molecule has 0 aromatic heterocycles. The van der Waals surface area contributed by atoms with Crippen molar-refractivity contribution >= 4 is 5.97 Å². The van der Waals surface area contributed by atoms with Crippen LogP contribution in [0.2, 0.25) is 0 Å². The second-order valence-corrected chi connectivity index (χ2v) is 4.66. The first kappa shape index (κ1) is 29.6. The number of halogens is 15. The Morgan fingerprint density at radius 1 is 0.643 bits per heavy atom. The topological polar surface area (TPSA) is 26.3 Å². The van der Waals surface area contributed by atoms with E-state index in [9.17, 15) is 70.7 Å². The van der Waals surface area contributed by atoms with Crippen molar-refractivity contribution in [2.75, 3.05) is 6.61 Å². The molecule has 0 aliphatic carbocycles. The minimum absolute atomic E-state index is 0. The van der Waals surface area contributed by atoms with E-state index < -0.39 is 54.3 Å². The van der Waals surface area contributed by atoms with Crippen LogP contribution in [0.4, 0.5) is 65.9 Å². The number of ether oxygens (including phenoxy) is 1. The molecule has 0 unspecified atom stereocenters. The van der Waals surface area contributed by atoms with Gasteiger partial charge in [0, 0.05) is 0 Å². The molecule has 0 radical (unpaired) electrons. The quantitative estimate of drug-likeness (QED) is 0.327. The Morgan fingerprint density at radius 3 is 1.21 bits per heavy atom. The van der Waals surface area contributed by atoms with Gasteiger partial charge < -0.3 is 6.16 Å². The summed E-state index contributed by atoms with van der Waals surface area (Å²) < 4.78 is 194. The van der Waals surface area contributed by atoms with Gasteiger partial charge in [0.1, 0.15) is 0 Å². The number of esters is 1. The van der Waals surface area contributed by atoms with Crippen molar-refractivity contribution in [3.8, 4) is 0 Å². The largest absolute Gasteiger partial charge is 1.00 e. The van der Waals surface area contributed by atoms with E-state index >= 15 is 0 Å². The van der Waals surface area contributed by atoms with E-state index in [-0.39, 0.29) is 31.0 Å². The fourth-order valence-electron chi connectivity index (χ4n) is 1.32. The predicted molar refractivity (Wildman–Crippen MR) is 53.5 cm³/mol. The molecule has 2 nitrogen and oxygen atoms in total. The standard InChI is InChI=1S/C10H5F15O2.Na.H/c1-2-27-3(26)4(11,12)5(13,14)6(15,16)7(17,18)8(19,20)9(21,22)10(23,24)25;;/h2H2,1H3;;/q;+1;-1. The minimum Gasteiger partial charge on any atom is -1.00 e. The van der Waals surface area contributed by atoms with E-state index in [1.165, 1.54) is 0 Å². The Morgan fingerprint density at radius 2 is 0.929 bits per heavy atom. The van der Waals surface area contributed by atoms with Gasteiger partial charge in [-0.2, -0.15) is 65.9 Å². The molecule has 0 bridgehead atoms. The molecule has 0 N–H and O–H groups in total. The van der Waals surface area contributed by atoms with Crippen LogP contribution in [0.3, 0.4) is 0 Å². The maximum atomic E-state index is 13.1. The second kappa shape index (κ2) is 7.92. The molecule has 0 saturated carbocycles. The molecule has 0 fully saturated rings. The summed E-state index contributed by atoms with van der Waals surface area (Å²) in [6.07, 6.45) is -7.67. The van der Waals surface area contributed by atoms with Crippen LogP contribution in [-0.2, 0) is 9.53 Å². The molecule has 0 aliphatic rings. The van der Waals surface area contributed by atoms with Gasteiger partial charge in [0.2, 0.25) is 0 Å². The van der Waals surface area contributed by atoms with Gasteiger partial charge in [-0.15, -0.1) is 0 Å². The third-order valence-electron chi connectivity index (χ3n) is 2.86. The van der Waals surface area contributed by atoms with Gasteiger partial charge in [-0.25, -0.2) is 4.79 Å². The number of rotatable bonds is 7. The van der Waals surface area contributed by atoms with Crippen LogP contribution in [0.1, 0.15) is 8.35 Å². The molecule has 28 heavy (non-hydrogen) atoms. The zero-order valence-corrected chi connectivity index (χ0v) is 15.2. The molecule has 0 atom stereocenters. The summed E-state index contributed by atoms with van der Waals surface area (Å²) in [5.41, 5.74) is 0. The van der Waals surface area contributed by atoms with Gasteiger partial charge in [-0.1, -0.05) is 0 Å². The number of hydrogen-bond acceptors (Lipinski definition) is 2. The van der Waals surface area contributed by atoms with Crippen molar-refractivity contribution in [2.24, 2.45) is 0 Å². The zero-order valence-electron chi connectivity index (χ0n) is 14.2.